The number of carbonyl (C=O) groups is 1. The molecule has 4 rings (SSSR count). The molecule has 0 saturated carbocycles. The zero-order chi connectivity index (χ0) is 16.5. The van der Waals surface area contributed by atoms with Crippen LogP contribution in [0.3, 0.4) is 0 Å². The van der Waals surface area contributed by atoms with Crippen molar-refractivity contribution in [1.29, 1.82) is 0 Å². The Bertz CT molecular complexity index is 1110. The summed E-state index contributed by atoms with van der Waals surface area (Å²) < 4.78 is 1.67. The summed E-state index contributed by atoms with van der Waals surface area (Å²) in [4.78, 5) is 27.2. The van der Waals surface area contributed by atoms with Gasteiger partial charge in [-0.3, -0.25) is 19.3 Å². The number of benzene rings is 1. The molecule has 24 heavy (non-hydrogen) atoms. The summed E-state index contributed by atoms with van der Waals surface area (Å²) in [5.41, 5.74) is 1.52. The maximum atomic E-state index is 12.3. The van der Waals surface area contributed by atoms with E-state index < -0.39 is 0 Å². The number of aromatic amines is 1. The van der Waals surface area contributed by atoms with E-state index in [2.05, 4.69) is 20.5 Å². The molecule has 2 N–H and O–H groups in total. The number of nitrogens with one attached hydrogen (secondary N) is 2. The molecule has 0 aliphatic heterocycles. The zero-order valence-electron chi connectivity index (χ0n) is 12.6. The number of fused-ring (bicyclic) bond motifs is 2. The second kappa shape index (κ2) is 5.62. The molecule has 7 heteroatoms. The maximum absolute atomic E-state index is 12.3. The molecule has 0 unspecified atom stereocenters. The van der Waals surface area contributed by atoms with E-state index in [4.69, 9.17) is 0 Å². The number of nitrogens with zero attached hydrogens (tertiary/aromatic N) is 3. The standard InChI is InChI=1S/C17H13N5O2/c23-15(19-17-21-20-14-7-3-4-8-22(14)17)10-12-9-11-5-1-2-6-13(11)18-16(12)24/h1-9H,10H2,(H,18,24)(H,19,21,23). The molecule has 0 saturated heterocycles. The largest absolute Gasteiger partial charge is 0.322 e. The lowest BCUT2D eigenvalue weighted by Gasteiger charge is -2.04. The van der Waals surface area contributed by atoms with Crippen molar-refractivity contribution in [3.63, 3.8) is 0 Å². The SMILES string of the molecule is O=C(Cc1cc2ccccc2[nH]c1=O)Nc1nnc2ccccn12. The first-order chi connectivity index (χ1) is 11.7. The highest BCUT2D eigenvalue weighted by Gasteiger charge is 2.12. The van der Waals surface area contributed by atoms with Crippen LogP contribution in [0.2, 0.25) is 0 Å². The number of aromatic nitrogens is 4. The second-order valence-electron chi connectivity index (χ2n) is 5.39. The lowest BCUT2D eigenvalue weighted by atomic mass is 10.1. The Morgan fingerprint density at radius 2 is 1.96 bits per heavy atom. The van der Waals surface area contributed by atoms with Crippen LogP contribution >= 0.6 is 0 Å². The number of carbonyl (C=O) groups excluding carboxylic acids is 1. The van der Waals surface area contributed by atoms with Crippen molar-refractivity contribution in [3.05, 3.63) is 70.6 Å². The first-order valence-corrected chi connectivity index (χ1v) is 7.41. The predicted octanol–water partition coefficient (Wildman–Crippen LogP) is 1.75. The number of H-pyrrole nitrogens is 1. The molecule has 118 valence electrons. The summed E-state index contributed by atoms with van der Waals surface area (Å²) >= 11 is 0. The molecule has 1 aromatic carbocycles. The van der Waals surface area contributed by atoms with Crippen molar-refractivity contribution in [2.75, 3.05) is 5.32 Å². The summed E-state index contributed by atoms with van der Waals surface area (Å²) in [7, 11) is 0. The van der Waals surface area contributed by atoms with Crippen LogP contribution in [0.25, 0.3) is 16.6 Å². The van der Waals surface area contributed by atoms with Crippen LogP contribution in [0, 0.1) is 0 Å². The van der Waals surface area contributed by atoms with Crippen LogP contribution in [-0.4, -0.2) is 25.5 Å². The van der Waals surface area contributed by atoms with Gasteiger partial charge in [0.25, 0.3) is 5.56 Å². The minimum absolute atomic E-state index is 0.0398. The van der Waals surface area contributed by atoms with E-state index in [1.165, 1.54) is 0 Å². The first kappa shape index (κ1) is 14.1. The number of anilines is 1. The number of hydrogen-bond donors (Lipinski definition) is 2. The summed E-state index contributed by atoms with van der Waals surface area (Å²) in [6.45, 7) is 0. The summed E-state index contributed by atoms with van der Waals surface area (Å²) in [6.07, 6.45) is 1.72. The van der Waals surface area contributed by atoms with Gasteiger partial charge in [0.15, 0.2) is 5.65 Å². The Kier molecular flexibility index (Phi) is 3.31. The topological polar surface area (TPSA) is 92.1 Å². The van der Waals surface area contributed by atoms with Crippen molar-refractivity contribution in [1.82, 2.24) is 19.6 Å². The molecular weight excluding hydrogens is 306 g/mol. The van der Waals surface area contributed by atoms with E-state index in [0.717, 1.165) is 10.9 Å². The van der Waals surface area contributed by atoms with Crippen molar-refractivity contribution < 1.29 is 4.79 Å². The average Bonchev–Trinajstić information content (AvgIpc) is 2.99. The van der Waals surface area contributed by atoms with Gasteiger partial charge in [0.2, 0.25) is 11.9 Å². The van der Waals surface area contributed by atoms with Gasteiger partial charge in [0.05, 0.1) is 6.42 Å². The lowest BCUT2D eigenvalue weighted by Crippen LogP contribution is -2.22. The van der Waals surface area contributed by atoms with Gasteiger partial charge < -0.3 is 4.98 Å². The molecular formula is C17H13N5O2. The minimum Gasteiger partial charge on any atom is -0.322 e. The molecule has 0 fully saturated rings. The lowest BCUT2D eigenvalue weighted by molar-refractivity contribution is -0.115. The Hall–Kier alpha value is -3.48. The Labute approximate surface area is 136 Å². The van der Waals surface area contributed by atoms with E-state index in [-0.39, 0.29) is 17.9 Å². The molecule has 0 aliphatic carbocycles. The molecule has 0 bridgehead atoms. The third-order valence-corrected chi connectivity index (χ3v) is 3.75. The van der Waals surface area contributed by atoms with E-state index in [0.29, 0.717) is 17.2 Å². The highest BCUT2D eigenvalue weighted by atomic mass is 16.2. The third-order valence-electron chi connectivity index (χ3n) is 3.75. The fourth-order valence-electron chi connectivity index (χ4n) is 2.59. The Morgan fingerprint density at radius 1 is 1.12 bits per heavy atom. The molecule has 1 amide bonds. The van der Waals surface area contributed by atoms with Crippen molar-refractivity contribution in [3.8, 4) is 0 Å². The van der Waals surface area contributed by atoms with Crippen LogP contribution in [0.1, 0.15) is 5.56 Å². The molecule has 3 heterocycles. The van der Waals surface area contributed by atoms with Crippen LogP contribution in [-0.2, 0) is 11.2 Å². The molecule has 0 spiro atoms. The third kappa shape index (κ3) is 2.52. The minimum atomic E-state index is -0.325. The van der Waals surface area contributed by atoms with Gasteiger partial charge in [-0.25, -0.2) is 0 Å². The number of rotatable bonds is 3. The predicted molar refractivity (Wildman–Crippen MR) is 89.9 cm³/mol. The van der Waals surface area contributed by atoms with Gasteiger partial charge in [-0.05, 0) is 29.7 Å². The van der Waals surface area contributed by atoms with Gasteiger partial charge in [0.1, 0.15) is 0 Å². The maximum Gasteiger partial charge on any atom is 0.252 e. The molecule has 0 atom stereocenters. The van der Waals surface area contributed by atoms with Crippen LogP contribution < -0.4 is 10.9 Å². The van der Waals surface area contributed by atoms with Crippen molar-refractivity contribution in [2.45, 2.75) is 6.42 Å². The first-order valence-electron chi connectivity index (χ1n) is 7.41. The average molecular weight is 319 g/mol. The zero-order valence-corrected chi connectivity index (χ0v) is 12.6. The summed E-state index contributed by atoms with van der Waals surface area (Å²) in [5.74, 6) is 0.00162. The van der Waals surface area contributed by atoms with Gasteiger partial charge >= 0.3 is 0 Å². The van der Waals surface area contributed by atoms with Crippen molar-refractivity contribution >= 4 is 28.4 Å². The van der Waals surface area contributed by atoms with E-state index >= 15 is 0 Å². The number of pyridine rings is 2. The van der Waals surface area contributed by atoms with Gasteiger partial charge in [-0.15, -0.1) is 10.2 Å². The highest BCUT2D eigenvalue weighted by molar-refractivity contribution is 5.91. The second-order valence-corrected chi connectivity index (χ2v) is 5.39. The van der Waals surface area contributed by atoms with Gasteiger partial charge in [-0.1, -0.05) is 24.3 Å². The normalized spacial score (nSPS) is 11.0. The Balaban J connectivity index is 1.60. The quantitative estimate of drug-likeness (QED) is 0.602. The highest BCUT2D eigenvalue weighted by Crippen LogP contribution is 2.11. The number of para-hydroxylation sites is 1. The van der Waals surface area contributed by atoms with Gasteiger partial charge in [0, 0.05) is 17.3 Å². The Morgan fingerprint density at radius 3 is 2.88 bits per heavy atom. The number of amides is 1. The van der Waals surface area contributed by atoms with Crippen molar-refractivity contribution in [2.24, 2.45) is 0 Å². The van der Waals surface area contributed by atoms with E-state index in [1.54, 1.807) is 22.7 Å². The fraction of sp³-hybridized carbons (Fsp3) is 0.0588. The van der Waals surface area contributed by atoms with Gasteiger partial charge in [-0.2, -0.15) is 0 Å². The summed E-state index contributed by atoms with van der Waals surface area (Å²) in [5, 5.41) is 11.5. The van der Waals surface area contributed by atoms with E-state index in [1.807, 2.05) is 36.4 Å². The number of hydrogen-bond acceptors (Lipinski definition) is 4. The molecule has 7 nitrogen and oxygen atoms in total. The molecule has 4 aromatic rings. The smallest absolute Gasteiger partial charge is 0.252 e. The molecule has 3 aromatic heterocycles. The van der Waals surface area contributed by atoms with E-state index in [9.17, 15) is 9.59 Å². The molecule has 0 radical (unpaired) electrons. The molecule has 0 aliphatic rings. The van der Waals surface area contributed by atoms with Crippen LogP contribution in [0.5, 0.6) is 0 Å². The fourth-order valence-corrected chi connectivity index (χ4v) is 2.59. The summed E-state index contributed by atoms with van der Waals surface area (Å²) in [6, 6.07) is 14.6. The van der Waals surface area contributed by atoms with Crippen LogP contribution in [0.15, 0.2) is 59.5 Å². The van der Waals surface area contributed by atoms with Crippen LogP contribution in [0.4, 0.5) is 5.95 Å². The monoisotopic (exact) mass is 319 g/mol.